The second kappa shape index (κ2) is 9.11. The number of hydrogen-bond donors (Lipinski definition) is 0. The summed E-state index contributed by atoms with van der Waals surface area (Å²) in [5, 5.41) is 5.40. The minimum Gasteiger partial charge on any atom is -0.278 e. The zero-order valence-corrected chi connectivity index (χ0v) is 18.4. The quantitative estimate of drug-likeness (QED) is 0.334. The molecule has 4 aromatic rings. The number of nitrogens with zero attached hydrogens (tertiary/aromatic N) is 5. The molecule has 0 bridgehead atoms. The van der Waals surface area contributed by atoms with Crippen molar-refractivity contribution in [3.8, 4) is 5.69 Å². The summed E-state index contributed by atoms with van der Waals surface area (Å²) in [7, 11) is 0. The molecule has 166 valence electrons. The molecule has 33 heavy (non-hydrogen) atoms. The third kappa shape index (κ3) is 4.23. The molecular weight excluding hydrogens is 441 g/mol. The van der Waals surface area contributed by atoms with Crippen molar-refractivity contribution < 1.29 is 14.0 Å². The van der Waals surface area contributed by atoms with Crippen molar-refractivity contribution in [1.29, 1.82) is 0 Å². The monoisotopic (exact) mass is 461 g/mol. The van der Waals surface area contributed by atoms with E-state index in [9.17, 15) is 14.0 Å². The van der Waals surface area contributed by atoms with Crippen LogP contribution in [0.2, 0.25) is 0 Å². The van der Waals surface area contributed by atoms with Gasteiger partial charge in [-0.2, -0.15) is 5.10 Å². The molecule has 2 aromatic heterocycles. The van der Waals surface area contributed by atoms with E-state index in [2.05, 4.69) is 15.1 Å². The van der Waals surface area contributed by atoms with E-state index in [1.807, 2.05) is 30.3 Å². The second-order valence-electron chi connectivity index (χ2n) is 7.71. The van der Waals surface area contributed by atoms with Crippen molar-refractivity contribution in [2.24, 2.45) is 0 Å². The van der Waals surface area contributed by atoms with E-state index in [1.54, 1.807) is 10.9 Å². The first kappa shape index (κ1) is 21.3. The standard InChI is InChI=1S/C24H20FN5O2S/c25-17-11-9-16(10-12-17)23(31)29-13-5-4-8-20(24(29)32)33-22-19-14-28-30(21(19)26-15-27-22)18-6-2-1-3-7-18/h1-3,6-7,9-12,14-15,20H,4-5,8,13H2/t20-/m0/s1. The number of carbonyl (C=O) groups is 2. The van der Waals surface area contributed by atoms with Crippen LogP contribution < -0.4 is 0 Å². The average molecular weight is 462 g/mol. The molecule has 1 atom stereocenters. The van der Waals surface area contributed by atoms with Crippen molar-refractivity contribution >= 4 is 34.6 Å². The van der Waals surface area contributed by atoms with Crippen LogP contribution in [0.1, 0.15) is 29.6 Å². The third-order valence-corrected chi connectivity index (χ3v) is 6.83. The number of fused-ring (bicyclic) bond motifs is 1. The summed E-state index contributed by atoms with van der Waals surface area (Å²) in [5.41, 5.74) is 1.83. The molecule has 0 saturated carbocycles. The Morgan fingerprint density at radius 3 is 2.61 bits per heavy atom. The highest BCUT2D eigenvalue weighted by atomic mass is 32.2. The summed E-state index contributed by atoms with van der Waals surface area (Å²) in [4.78, 5) is 36.4. The Kier molecular flexibility index (Phi) is 5.87. The van der Waals surface area contributed by atoms with Crippen LogP contribution in [0.3, 0.4) is 0 Å². The molecule has 2 amide bonds. The van der Waals surface area contributed by atoms with Gasteiger partial charge >= 0.3 is 0 Å². The van der Waals surface area contributed by atoms with Gasteiger partial charge in [0, 0.05) is 12.1 Å². The molecule has 3 heterocycles. The van der Waals surface area contributed by atoms with Gasteiger partial charge < -0.3 is 0 Å². The maximum Gasteiger partial charge on any atom is 0.260 e. The number of amides is 2. The molecule has 0 unspecified atom stereocenters. The SMILES string of the molecule is O=C(c1ccc(F)cc1)N1CCCC[C@H](Sc2ncnc3c2cnn3-c2ccccc2)C1=O. The number of thioether (sulfide) groups is 1. The fraction of sp³-hybridized carbons (Fsp3) is 0.208. The van der Waals surface area contributed by atoms with Crippen LogP contribution in [0.5, 0.6) is 0 Å². The predicted octanol–water partition coefficient (Wildman–Crippen LogP) is 4.27. The largest absolute Gasteiger partial charge is 0.278 e. The Morgan fingerprint density at radius 1 is 1.03 bits per heavy atom. The summed E-state index contributed by atoms with van der Waals surface area (Å²) >= 11 is 1.33. The molecule has 1 fully saturated rings. The van der Waals surface area contributed by atoms with Crippen LogP contribution in [-0.4, -0.2) is 48.3 Å². The molecule has 9 heteroatoms. The second-order valence-corrected chi connectivity index (χ2v) is 8.90. The van der Waals surface area contributed by atoms with E-state index in [0.29, 0.717) is 29.2 Å². The van der Waals surface area contributed by atoms with Crippen LogP contribution in [0.4, 0.5) is 4.39 Å². The van der Waals surface area contributed by atoms with Crippen molar-refractivity contribution in [1.82, 2.24) is 24.6 Å². The lowest BCUT2D eigenvalue weighted by Crippen LogP contribution is -2.41. The Balaban J connectivity index is 1.42. The molecule has 2 aromatic carbocycles. The number of benzene rings is 2. The Morgan fingerprint density at radius 2 is 1.82 bits per heavy atom. The number of halogens is 1. The Bertz CT molecular complexity index is 1310. The lowest BCUT2D eigenvalue weighted by molar-refractivity contribution is -0.127. The molecule has 1 saturated heterocycles. The van der Waals surface area contributed by atoms with Crippen LogP contribution in [0.25, 0.3) is 16.7 Å². The van der Waals surface area contributed by atoms with Crippen LogP contribution in [-0.2, 0) is 4.79 Å². The number of likely N-dealkylation sites (tertiary alicyclic amines) is 1. The van der Waals surface area contributed by atoms with Gasteiger partial charge in [-0.25, -0.2) is 19.0 Å². The first-order chi connectivity index (χ1) is 16.1. The van der Waals surface area contributed by atoms with E-state index in [0.717, 1.165) is 23.9 Å². The van der Waals surface area contributed by atoms with E-state index in [1.165, 1.54) is 47.3 Å². The van der Waals surface area contributed by atoms with Crippen molar-refractivity contribution in [2.75, 3.05) is 6.54 Å². The van der Waals surface area contributed by atoms with Gasteiger partial charge in [0.1, 0.15) is 17.2 Å². The molecule has 0 N–H and O–H groups in total. The summed E-state index contributed by atoms with van der Waals surface area (Å²) in [6.07, 6.45) is 5.34. The molecule has 0 spiro atoms. The molecular formula is C24H20FN5O2S. The molecule has 1 aliphatic heterocycles. The summed E-state index contributed by atoms with van der Waals surface area (Å²) < 4.78 is 15.0. The van der Waals surface area contributed by atoms with Crippen LogP contribution >= 0.6 is 11.8 Å². The van der Waals surface area contributed by atoms with Gasteiger partial charge in [0.15, 0.2) is 5.65 Å². The number of carbonyl (C=O) groups excluding carboxylic acids is 2. The number of aromatic nitrogens is 4. The highest BCUT2D eigenvalue weighted by Crippen LogP contribution is 2.33. The first-order valence-corrected chi connectivity index (χ1v) is 11.5. The summed E-state index contributed by atoms with van der Waals surface area (Å²) in [6.45, 7) is 0.344. The first-order valence-electron chi connectivity index (χ1n) is 10.6. The third-order valence-electron chi connectivity index (χ3n) is 5.56. The van der Waals surface area contributed by atoms with Gasteiger partial charge in [0.05, 0.1) is 22.5 Å². The molecule has 7 nitrogen and oxygen atoms in total. The van der Waals surface area contributed by atoms with Crippen LogP contribution in [0.15, 0.2) is 72.1 Å². The van der Waals surface area contributed by atoms with Crippen LogP contribution in [0, 0.1) is 5.82 Å². The highest BCUT2D eigenvalue weighted by Gasteiger charge is 2.33. The normalized spacial score (nSPS) is 16.7. The van der Waals surface area contributed by atoms with E-state index < -0.39 is 17.0 Å². The Hall–Kier alpha value is -3.59. The van der Waals surface area contributed by atoms with Gasteiger partial charge in [0.2, 0.25) is 5.91 Å². The average Bonchev–Trinajstić information content (AvgIpc) is 3.20. The zero-order valence-electron chi connectivity index (χ0n) is 17.6. The van der Waals surface area contributed by atoms with Crippen molar-refractivity contribution in [2.45, 2.75) is 29.5 Å². The number of hydrogen-bond acceptors (Lipinski definition) is 6. The minimum absolute atomic E-state index is 0.256. The summed E-state index contributed by atoms with van der Waals surface area (Å²) in [6, 6.07) is 14.9. The van der Waals surface area contributed by atoms with Crippen molar-refractivity contribution in [3.05, 3.63) is 78.5 Å². The summed E-state index contributed by atoms with van der Waals surface area (Å²) in [5.74, 6) is -1.09. The maximum absolute atomic E-state index is 13.3. The lowest BCUT2D eigenvalue weighted by Gasteiger charge is -2.22. The zero-order chi connectivity index (χ0) is 22.8. The van der Waals surface area contributed by atoms with Gasteiger partial charge in [-0.05, 0) is 49.2 Å². The maximum atomic E-state index is 13.3. The minimum atomic E-state index is -0.463. The fourth-order valence-electron chi connectivity index (χ4n) is 3.88. The van der Waals surface area contributed by atoms with Gasteiger partial charge in [-0.15, -0.1) is 0 Å². The number of imide groups is 1. The molecule has 0 aliphatic carbocycles. The van der Waals surface area contributed by atoms with Gasteiger partial charge in [0.25, 0.3) is 5.91 Å². The number of rotatable bonds is 4. The smallest absolute Gasteiger partial charge is 0.260 e. The fourth-order valence-corrected chi connectivity index (χ4v) is 5.04. The topological polar surface area (TPSA) is 81.0 Å². The van der Waals surface area contributed by atoms with Gasteiger partial charge in [-0.1, -0.05) is 36.4 Å². The van der Waals surface area contributed by atoms with E-state index in [-0.39, 0.29) is 5.91 Å². The lowest BCUT2D eigenvalue weighted by atomic mass is 10.2. The highest BCUT2D eigenvalue weighted by molar-refractivity contribution is 8.00. The van der Waals surface area contributed by atoms with E-state index >= 15 is 0 Å². The molecule has 1 aliphatic rings. The van der Waals surface area contributed by atoms with E-state index in [4.69, 9.17) is 0 Å². The molecule has 5 rings (SSSR count). The predicted molar refractivity (Wildman–Crippen MR) is 123 cm³/mol. The van der Waals surface area contributed by atoms with Crippen molar-refractivity contribution in [3.63, 3.8) is 0 Å². The number of para-hydroxylation sites is 1. The van der Waals surface area contributed by atoms with Gasteiger partial charge in [-0.3, -0.25) is 14.5 Å². The molecule has 0 radical (unpaired) electrons. The Labute approximate surface area is 193 Å².